The lowest BCUT2D eigenvalue weighted by Crippen LogP contribution is -2.23. The van der Waals surface area contributed by atoms with Crippen LogP contribution in [0.15, 0.2) is 81.2 Å². The van der Waals surface area contributed by atoms with Crippen LogP contribution >= 0.6 is 31.9 Å². The molecule has 0 atom stereocenters. The van der Waals surface area contributed by atoms with E-state index in [2.05, 4.69) is 37.2 Å². The van der Waals surface area contributed by atoms with Crippen LogP contribution < -0.4 is 14.8 Å². The molecule has 0 spiro atoms. The van der Waals surface area contributed by atoms with Crippen molar-refractivity contribution in [3.05, 3.63) is 97.9 Å². The molecule has 32 heavy (non-hydrogen) atoms. The number of nitrogens with one attached hydrogen (secondary N) is 1. The van der Waals surface area contributed by atoms with Crippen LogP contribution in [0.2, 0.25) is 0 Å². The van der Waals surface area contributed by atoms with E-state index in [1.807, 2.05) is 60.7 Å². The summed E-state index contributed by atoms with van der Waals surface area (Å²) >= 11 is 6.92. The van der Waals surface area contributed by atoms with Gasteiger partial charge in [-0.3, -0.25) is 4.79 Å². The van der Waals surface area contributed by atoms with Gasteiger partial charge in [0.05, 0.1) is 7.11 Å². The molecule has 7 heteroatoms. The van der Waals surface area contributed by atoms with Crippen LogP contribution in [0.25, 0.3) is 6.08 Å². The highest BCUT2D eigenvalue weighted by molar-refractivity contribution is 9.10. The maximum Gasteiger partial charge on any atom is 0.262 e. The number of halogens is 2. The molecule has 3 rings (SSSR count). The molecule has 162 valence electrons. The third-order valence-electron chi connectivity index (χ3n) is 4.55. The minimum atomic E-state index is -0.446. The van der Waals surface area contributed by atoms with Gasteiger partial charge < -0.3 is 14.8 Å². The van der Waals surface area contributed by atoms with Crippen LogP contribution in [0.1, 0.15) is 16.7 Å². The van der Waals surface area contributed by atoms with Gasteiger partial charge in [-0.15, -0.1) is 0 Å². The van der Waals surface area contributed by atoms with E-state index in [0.717, 1.165) is 15.6 Å². The fourth-order valence-electron chi connectivity index (χ4n) is 2.85. The Kier molecular flexibility index (Phi) is 8.48. The lowest BCUT2D eigenvalue weighted by atomic mass is 10.1. The Morgan fingerprint density at radius 3 is 2.41 bits per heavy atom. The molecule has 1 amide bonds. The first kappa shape index (κ1) is 23.6. The molecule has 0 saturated carbocycles. The van der Waals surface area contributed by atoms with Gasteiger partial charge >= 0.3 is 0 Å². The van der Waals surface area contributed by atoms with E-state index >= 15 is 0 Å². The molecule has 0 bridgehead atoms. The Morgan fingerprint density at radius 1 is 1.03 bits per heavy atom. The lowest BCUT2D eigenvalue weighted by Gasteiger charge is -2.13. The fraction of sp³-hybridized carbons (Fsp3) is 0.120. The first-order valence-electron chi connectivity index (χ1n) is 9.69. The molecule has 3 aromatic carbocycles. The van der Waals surface area contributed by atoms with Crippen LogP contribution in [0, 0.1) is 11.3 Å². The lowest BCUT2D eigenvalue weighted by molar-refractivity contribution is -0.117. The molecular formula is C25H20Br2N2O3. The van der Waals surface area contributed by atoms with Crippen molar-refractivity contribution in [3.63, 3.8) is 0 Å². The number of carbonyl (C=O) groups is 1. The number of ether oxygens (including phenoxy) is 2. The number of rotatable bonds is 8. The molecule has 0 saturated heterocycles. The molecule has 0 aliphatic heterocycles. The molecule has 5 nitrogen and oxygen atoms in total. The normalized spacial score (nSPS) is 10.9. The first-order valence-corrected chi connectivity index (χ1v) is 11.3. The van der Waals surface area contributed by atoms with Gasteiger partial charge in [0.2, 0.25) is 0 Å². The third kappa shape index (κ3) is 6.46. The molecule has 0 heterocycles. The number of amides is 1. The van der Waals surface area contributed by atoms with E-state index in [-0.39, 0.29) is 5.57 Å². The number of hydrogen-bond acceptors (Lipinski definition) is 4. The van der Waals surface area contributed by atoms with Crippen molar-refractivity contribution in [2.45, 2.75) is 13.2 Å². The molecule has 0 aliphatic carbocycles. The highest BCUT2D eigenvalue weighted by atomic mass is 79.9. The zero-order valence-electron chi connectivity index (χ0n) is 17.3. The van der Waals surface area contributed by atoms with Gasteiger partial charge in [0.15, 0.2) is 11.5 Å². The van der Waals surface area contributed by atoms with Gasteiger partial charge in [-0.25, -0.2) is 0 Å². The van der Waals surface area contributed by atoms with Gasteiger partial charge in [-0.05, 0) is 47.0 Å². The maximum atomic E-state index is 12.5. The fourth-order valence-corrected chi connectivity index (χ4v) is 3.55. The summed E-state index contributed by atoms with van der Waals surface area (Å²) in [6, 6.07) is 22.8. The SMILES string of the molecule is COc1cc(/C=C(\C#N)C(=O)NCc2ccccc2)c(Br)cc1OCc1ccc(Br)cc1. The van der Waals surface area contributed by atoms with Crippen LogP contribution in [-0.2, 0) is 17.9 Å². The summed E-state index contributed by atoms with van der Waals surface area (Å²) in [5, 5.41) is 12.3. The van der Waals surface area contributed by atoms with E-state index in [9.17, 15) is 10.1 Å². The number of benzene rings is 3. The summed E-state index contributed by atoms with van der Waals surface area (Å²) in [5.74, 6) is 0.600. The van der Waals surface area contributed by atoms with E-state index in [1.54, 1.807) is 19.2 Å². The van der Waals surface area contributed by atoms with E-state index in [0.29, 0.717) is 34.7 Å². The van der Waals surface area contributed by atoms with Crippen molar-refractivity contribution >= 4 is 43.8 Å². The first-order chi connectivity index (χ1) is 15.5. The highest BCUT2D eigenvalue weighted by Crippen LogP contribution is 2.35. The zero-order chi connectivity index (χ0) is 22.9. The molecule has 0 aliphatic rings. The largest absolute Gasteiger partial charge is 0.493 e. The Hall–Kier alpha value is -3.08. The van der Waals surface area contributed by atoms with Crippen molar-refractivity contribution < 1.29 is 14.3 Å². The van der Waals surface area contributed by atoms with Crippen LogP contribution in [0.4, 0.5) is 0 Å². The molecular weight excluding hydrogens is 536 g/mol. The van der Waals surface area contributed by atoms with Crippen LogP contribution in [-0.4, -0.2) is 13.0 Å². The second-order valence-corrected chi connectivity index (χ2v) is 8.55. The Labute approximate surface area is 203 Å². The Morgan fingerprint density at radius 2 is 1.75 bits per heavy atom. The standard InChI is InChI=1S/C25H20Br2N2O3/c1-31-23-12-19(11-20(14-28)25(30)29-15-17-5-3-2-4-6-17)22(27)13-24(23)32-16-18-7-9-21(26)10-8-18/h2-13H,15-16H2,1H3,(H,29,30)/b20-11+. The van der Waals surface area contributed by atoms with Gasteiger partial charge in [0.1, 0.15) is 18.2 Å². The second kappa shape index (κ2) is 11.5. The van der Waals surface area contributed by atoms with Gasteiger partial charge in [-0.2, -0.15) is 5.26 Å². The van der Waals surface area contributed by atoms with E-state index < -0.39 is 5.91 Å². The van der Waals surface area contributed by atoms with Crippen molar-refractivity contribution in [2.24, 2.45) is 0 Å². The van der Waals surface area contributed by atoms with Crippen molar-refractivity contribution in [1.82, 2.24) is 5.32 Å². The summed E-state index contributed by atoms with van der Waals surface area (Å²) in [4.78, 5) is 12.5. The number of methoxy groups -OCH3 is 1. The topological polar surface area (TPSA) is 71.3 Å². The van der Waals surface area contributed by atoms with Gasteiger partial charge in [-0.1, -0.05) is 74.3 Å². The van der Waals surface area contributed by atoms with Crippen molar-refractivity contribution in [2.75, 3.05) is 7.11 Å². The average Bonchev–Trinajstić information content (AvgIpc) is 2.82. The molecule has 0 aromatic heterocycles. The number of hydrogen-bond donors (Lipinski definition) is 1. The molecule has 0 radical (unpaired) electrons. The number of nitrogens with zero attached hydrogens (tertiary/aromatic N) is 1. The Balaban J connectivity index is 1.75. The van der Waals surface area contributed by atoms with Crippen LogP contribution in [0.3, 0.4) is 0 Å². The maximum absolute atomic E-state index is 12.5. The minimum absolute atomic E-state index is 0.00721. The summed E-state index contributed by atoms with van der Waals surface area (Å²) in [6.45, 7) is 0.711. The Bertz CT molecular complexity index is 1150. The van der Waals surface area contributed by atoms with Crippen molar-refractivity contribution in [1.29, 1.82) is 5.26 Å². The monoisotopic (exact) mass is 554 g/mol. The molecule has 1 N–H and O–H groups in total. The third-order valence-corrected chi connectivity index (χ3v) is 5.77. The summed E-state index contributed by atoms with van der Waals surface area (Å²) < 4.78 is 13.1. The zero-order valence-corrected chi connectivity index (χ0v) is 20.4. The second-order valence-electron chi connectivity index (χ2n) is 6.78. The van der Waals surface area contributed by atoms with Gasteiger partial charge in [0, 0.05) is 15.5 Å². The van der Waals surface area contributed by atoms with E-state index in [4.69, 9.17) is 9.47 Å². The average molecular weight is 556 g/mol. The quantitative estimate of drug-likeness (QED) is 0.272. The highest BCUT2D eigenvalue weighted by Gasteiger charge is 2.14. The smallest absolute Gasteiger partial charge is 0.262 e. The summed E-state index contributed by atoms with van der Waals surface area (Å²) in [6.07, 6.45) is 1.52. The summed E-state index contributed by atoms with van der Waals surface area (Å²) in [5.41, 5.74) is 2.59. The molecule has 0 fully saturated rings. The summed E-state index contributed by atoms with van der Waals surface area (Å²) in [7, 11) is 1.54. The van der Waals surface area contributed by atoms with Crippen molar-refractivity contribution in [3.8, 4) is 17.6 Å². The minimum Gasteiger partial charge on any atom is -0.493 e. The van der Waals surface area contributed by atoms with E-state index in [1.165, 1.54) is 6.08 Å². The molecule has 0 unspecified atom stereocenters. The predicted molar refractivity (Wildman–Crippen MR) is 131 cm³/mol. The van der Waals surface area contributed by atoms with Gasteiger partial charge in [0.25, 0.3) is 5.91 Å². The van der Waals surface area contributed by atoms with Crippen LogP contribution in [0.5, 0.6) is 11.5 Å². The molecule has 3 aromatic rings. The number of carbonyl (C=O) groups excluding carboxylic acids is 1. The number of nitriles is 1. The predicted octanol–water partition coefficient (Wildman–Crippen LogP) is 6.02.